The molecule has 7 heteroatoms. The van der Waals surface area contributed by atoms with Gasteiger partial charge in [0.25, 0.3) is 5.91 Å². The number of carboxylic acids is 1. The van der Waals surface area contributed by atoms with Crippen LogP contribution in [0, 0.1) is 11.6 Å². The number of amides is 1. The second-order valence-electron chi connectivity index (χ2n) is 4.77. The lowest BCUT2D eigenvalue weighted by Gasteiger charge is -2.31. The van der Waals surface area contributed by atoms with Gasteiger partial charge in [0.1, 0.15) is 0 Å². The Morgan fingerprint density at radius 2 is 1.85 bits per heavy atom. The Balaban J connectivity index is 2.38. The lowest BCUT2D eigenvalue weighted by atomic mass is 10.0. The van der Waals surface area contributed by atoms with Crippen molar-refractivity contribution >= 4 is 11.9 Å². The van der Waals surface area contributed by atoms with E-state index in [9.17, 15) is 18.4 Å². The van der Waals surface area contributed by atoms with Gasteiger partial charge < -0.3 is 15.7 Å². The standard InChI is InChI=1S/C13H14F2N2O3/c14-10-4-8(9(13(19)20)5-11(10)15)12(18)17-3-1-2-7(16)6-17/h4-5,7H,1-3,6,16H2,(H,19,20). The van der Waals surface area contributed by atoms with Crippen LogP contribution in [0.1, 0.15) is 33.6 Å². The summed E-state index contributed by atoms with van der Waals surface area (Å²) in [5.74, 6) is -4.67. The molecule has 0 spiro atoms. The van der Waals surface area contributed by atoms with Crippen molar-refractivity contribution in [3.05, 3.63) is 34.9 Å². The molecule has 1 aromatic carbocycles. The zero-order chi connectivity index (χ0) is 14.9. The molecule has 0 bridgehead atoms. The quantitative estimate of drug-likeness (QED) is 0.855. The van der Waals surface area contributed by atoms with Gasteiger partial charge in [0.2, 0.25) is 0 Å². The molecule has 2 rings (SSSR count). The van der Waals surface area contributed by atoms with Crippen LogP contribution in [0.2, 0.25) is 0 Å². The Morgan fingerprint density at radius 1 is 1.25 bits per heavy atom. The van der Waals surface area contributed by atoms with E-state index < -0.39 is 29.1 Å². The first-order valence-electron chi connectivity index (χ1n) is 6.17. The number of halogens is 2. The highest BCUT2D eigenvalue weighted by Crippen LogP contribution is 2.19. The molecule has 1 aliphatic heterocycles. The number of piperidine rings is 1. The van der Waals surface area contributed by atoms with E-state index in [4.69, 9.17) is 10.8 Å². The molecular weight excluding hydrogens is 270 g/mol. The van der Waals surface area contributed by atoms with E-state index >= 15 is 0 Å². The molecule has 0 saturated carbocycles. The maximum absolute atomic E-state index is 13.3. The zero-order valence-corrected chi connectivity index (χ0v) is 10.6. The second-order valence-corrected chi connectivity index (χ2v) is 4.77. The van der Waals surface area contributed by atoms with Crippen LogP contribution in [0.4, 0.5) is 8.78 Å². The smallest absolute Gasteiger partial charge is 0.336 e. The number of nitrogens with two attached hydrogens (primary N) is 1. The summed E-state index contributed by atoms with van der Waals surface area (Å²) in [6.07, 6.45) is 1.46. The molecule has 1 amide bonds. The Bertz CT molecular complexity index is 563. The maximum atomic E-state index is 13.3. The van der Waals surface area contributed by atoms with Crippen molar-refractivity contribution < 1.29 is 23.5 Å². The van der Waals surface area contributed by atoms with Crippen molar-refractivity contribution in [3.63, 3.8) is 0 Å². The van der Waals surface area contributed by atoms with Crippen LogP contribution < -0.4 is 5.73 Å². The monoisotopic (exact) mass is 284 g/mol. The SMILES string of the molecule is NC1CCCN(C(=O)c2cc(F)c(F)cc2C(=O)O)C1. The molecule has 3 N–H and O–H groups in total. The summed E-state index contributed by atoms with van der Waals surface area (Å²) in [7, 11) is 0. The van der Waals surface area contributed by atoms with Gasteiger partial charge >= 0.3 is 5.97 Å². The van der Waals surface area contributed by atoms with Gasteiger partial charge in [-0.05, 0) is 25.0 Å². The first-order valence-corrected chi connectivity index (χ1v) is 6.17. The van der Waals surface area contributed by atoms with Crippen molar-refractivity contribution in [2.75, 3.05) is 13.1 Å². The normalized spacial score (nSPS) is 18.9. The summed E-state index contributed by atoms with van der Waals surface area (Å²) in [5.41, 5.74) is 4.84. The number of carboxylic acid groups (broad SMARTS) is 1. The molecule has 0 aliphatic carbocycles. The molecule has 108 valence electrons. The molecule has 0 radical (unpaired) electrons. The molecule has 20 heavy (non-hydrogen) atoms. The molecule has 1 fully saturated rings. The van der Waals surface area contributed by atoms with E-state index in [-0.39, 0.29) is 18.2 Å². The van der Waals surface area contributed by atoms with Gasteiger partial charge in [-0.15, -0.1) is 0 Å². The van der Waals surface area contributed by atoms with Gasteiger partial charge in [0, 0.05) is 19.1 Å². The van der Waals surface area contributed by atoms with E-state index in [0.717, 1.165) is 6.42 Å². The molecule has 1 aromatic rings. The van der Waals surface area contributed by atoms with Gasteiger partial charge in [-0.3, -0.25) is 4.79 Å². The Kier molecular flexibility index (Phi) is 3.99. The van der Waals surface area contributed by atoms with Gasteiger partial charge in [-0.1, -0.05) is 0 Å². The van der Waals surface area contributed by atoms with Crippen molar-refractivity contribution in [2.45, 2.75) is 18.9 Å². The zero-order valence-electron chi connectivity index (χ0n) is 10.6. The number of rotatable bonds is 2. The second kappa shape index (κ2) is 5.54. The van der Waals surface area contributed by atoms with Gasteiger partial charge in [0.15, 0.2) is 11.6 Å². The van der Waals surface area contributed by atoms with Crippen molar-refractivity contribution in [3.8, 4) is 0 Å². The van der Waals surface area contributed by atoms with E-state index in [1.54, 1.807) is 0 Å². The number of carbonyl (C=O) groups is 2. The maximum Gasteiger partial charge on any atom is 0.336 e. The number of hydrogen-bond donors (Lipinski definition) is 2. The molecule has 1 saturated heterocycles. The number of nitrogens with zero attached hydrogens (tertiary/aromatic N) is 1. The minimum atomic E-state index is -1.48. The van der Waals surface area contributed by atoms with E-state index in [2.05, 4.69) is 0 Å². The summed E-state index contributed by atoms with van der Waals surface area (Å²) < 4.78 is 26.4. The van der Waals surface area contributed by atoms with Crippen LogP contribution in [-0.2, 0) is 0 Å². The fourth-order valence-corrected chi connectivity index (χ4v) is 2.27. The van der Waals surface area contributed by atoms with Crippen LogP contribution in [0.5, 0.6) is 0 Å². The predicted octanol–water partition coefficient (Wildman–Crippen LogP) is 1.23. The third-order valence-corrected chi connectivity index (χ3v) is 3.27. The summed E-state index contributed by atoms with van der Waals surface area (Å²) in [5, 5.41) is 9.00. The number of benzene rings is 1. The average molecular weight is 284 g/mol. The van der Waals surface area contributed by atoms with Crippen LogP contribution in [0.15, 0.2) is 12.1 Å². The Labute approximate surface area is 114 Å². The number of carbonyl (C=O) groups excluding carboxylic acids is 1. The van der Waals surface area contributed by atoms with Crippen LogP contribution >= 0.6 is 0 Å². The van der Waals surface area contributed by atoms with Crippen LogP contribution in [0.25, 0.3) is 0 Å². The van der Waals surface area contributed by atoms with Crippen molar-refractivity contribution in [1.29, 1.82) is 0 Å². The molecule has 0 aromatic heterocycles. The van der Waals surface area contributed by atoms with Crippen LogP contribution in [0.3, 0.4) is 0 Å². The van der Waals surface area contributed by atoms with E-state index in [1.165, 1.54) is 4.90 Å². The van der Waals surface area contributed by atoms with Gasteiger partial charge in [-0.2, -0.15) is 0 Å². The van der Waals surface area contributed by atoms with Gasteiger partial charge in [0.05, 0.1) is 11.1 Å². The van der Waals surface area contributed by atoms with Gasteiger partial charge in [-0.25, -0.2) is 13.6 Å². The average Bonchev–Trinajstić information content (AvgIpc) is 2.40. The lowest BCUT2D eigenvalue weighted by Crippen LogP contribution is -2.46. The fourth-order valence-electron chi connectivity index (χ4n) is 2.27. The minimum absolute atomic E-state index is 0.189. The van der Waals surface area contributed by atoms with E-state index in [0.29, 0.717) is 25.1 Å². The van der Waals surface area contributed by atoms with E-state index in [1.807, 2.05) is 0 Å². The molecular formula is C13H14F2N2O3. The Hall–Kier alpha value is -2.02. The third-order valence-electron chi connectivity index (χ3n) is 3.27. The minimum Gasteiger partial charge on any atom is -0.478 e. The topological polar surface area (TPSA) is 83.6 Å². The first kappa shape index (κ1) is 14.4. The lowest BCUT2D eigenvalue weighted by molar-refractivity contribution is 0.0659. The highest BCUT2D eigenvalue weighted by atomic mass is 19.2. The summed E-state index contributed by atoms with van der Waals surface area (Å²) in [4.78, 5) is 24.7. The number of hydrogen-bond acceptors (Lipinski definition) is 3. The Morgan fingerprint density at radius 3 is 2.40 bits per heavy atom. The molecule has 1 aliphatic rings. The van der Waals surface area contributed by atoms with Crippen LogP contribution in [-0.4, -0.2) is 41.0 Å². The fraction of sp³-hybridized carbons (Fsp3) is 0.385. The third kappa shape index (κ3) is 2.77. The highest BCUT2D eigenvalue weighted by Gasteiger charge is 2.27. The molecule has 1 unspecified atom stereocenters. The highest BCUT2D eigenvalue weighted by molar-refractivity contribution is 6.04. The summed E-state index contributed by atoms with van der Waals surface area (Å²) >= 11 is 0. The summed E-state index contributed by atoms with van der Waals surface area (Å²) in [6, 6.07) is 0.960. The first-order chi connectivity index (χ1) is 9.40. The number of likely N-dealkylation sites (tertiary alicyclic amines) is 1. The largest absolute Gasteiger partial charge is 0.478 e. The van der Waals surface area contributed by atoms with Crippen molar-refractivity contribution in [1.82, 2.24) is 4.90 Å². The molecule has 1 atom stereocenters. The summed E-state index contributed by atoms with van der Waals surface area (Å²) in [6.45, 7) is 0.696. The molecule has 5 nitrogen and oxygen atoms in total. The molecule has 1 heterocycles. The number of aromatic carboxylic acids is 1. The predicted molar refractivity (Wildman–Crippen MR) is 66.4 cm³/mol. The van der Waals surface area contributed by atoms with Crippen molar-refractivity contribution in [2.24, 2.45) is 5.73 Å².